The summed E-state index contributed by atoms with van der Waals surface area (Å²) in [4.78, 5) is 0. The van der Waals surface area contributed by atoms with E-state index in [-0.39, 0.29) is 0 Å². The molecule has 1 fully saturated rings. The summed E-state index contributed by atoms with van der Waals surface area (Å²) in [5.74, 6) is 0.819. The van der Waals surface area contributed by atoms with Gasteiger partial charge in [-0.1, -0.05) is 20.8 Å². The van der Waals surface area contributed by atoms with Gasteiger partial charge in [-0.2, -0.15) is 0 Å². The van der Waals surface area contributed by atoms with Crippen molar-refractivity contribution in [1.82, 2.24) is 5.32 Å². The van der Waals surface area contributed by atoms with Gasteiger partial charge in [0.1, 0.15) is 0 Å². The molecular formula is C11H23NO. The van der Waals surface area contributed by atoms with E-state index in [2.05, 4.69) is 26.1 Å². The third-order valence-electron chi connectivity index (χ3n) is 3.08. The van der Waals surface area contributed by atoms with Crippen molar-refractivity contribution in [3.8, 4) is 0 Å². The van der Waals surface area contributed by atoms with Gasteiger partial charge in [0.25, 0.3) is 0 Å². The molecule has 1 N–H and O–H groups in total. The van der Waals surface area contributed by atoms with Crippen molar-refractivity contribution in [2.75, 3.05) is 20.3 Å². The quantitative estimate of drug-likeness (QED) is 0.684. The molecular weight excluding hydrogens is 162 g/mol. The van der Waals surface area contributed by atoms with Crippen molar-refractivity contribution >= 4 is 0 Å². The van der Waals surface area contributed by atoms with Crippen LogP contribution in [0.25, 0.3) is 0 Å². The van der Waals surface area contributed by atoms with Crippen LogP contribution >= 0.6 is 0 Å². The highest BCUT2D eigenvalue weighted by Gasteiger charge is 2.49. The fourth-order valence-electron chi connectivity index (χ4n) is 2.02. The van der Waals surface area contributed by atoms with Gasteiger partial charge in [-0.15, -0.1) is 0 Å². The molecule has 0 bridgehead atoms. The minimum atomic E-state index is 0.546. The van der Waals surface area contributed by atoms with Gasteiger partial charge in [-0.3, -0.25) is 0 Å². The maximum atomic E-state index is 5.23. The zero-order valence-electron chi connectivity index (χ0n) is 9.39. The van der Waals surface area contributed by atoms with E-state index >= 15 is 0 Å². The van der Waals surface area contributed by atoms with Crippen molar-refractivity contribution in [3.05, 3.63) is 0 Å². The van der Waals surface area contributed by atoms with Crippen molar-refractivity contribution in [2.45, 2.75) is 39.7 Å². The molecule has 0 heterocycles. The van der Waals surface area contributed by atoms with E-state index in [0.717, 1.165) is 19.1 Å². The summed E-state index contributed by atoms with van der Waals surface area (Å²) >= 11 is 0. The fourth-order valence-corrected chi connectivity index (χ4v) is 2.02. The smallest absolute Gasteiger partial charge is 0.0618 e. The lowest BCUT2D eigenvalue weighted by atomic mass is 10.0. The number of hydrogen-bond donors (Lipinski definition) is 1. The van der Waals surface area contributed by atoms with E-state index in [0.29, 0.717) is 11.5 Å². The number of hydrogen-bond acceptors (Lipinski definition) is 2. The lowest BCUT2D eigenvalue weighted by molar-refractivity contribution is 0.152. The van der Waals surface area contributed by atoms with E-state index in [1.165, 1.54) is 12.8 Å². The zero-order valence-corrected chi connectivity index (χ0v) is 9.39. The molecule has 0 aromatic heterocycles. The SMILES string of the molecule is CCCNC(COC)C1CC1(C)C. The molecule has 2 unspecified atom stereocenters. The molecule has 0 amide bonds. The van der Waals surface area contributed by atoms with Crippen LogP contribution in [0.2, 0.25) is 0 Å². The Hall–Kier alpha value is -0.0800. The van der Waals surface area contributed by atoms with Crippen LogP contribution in [0.1, 0.15) is 33.6 Å². The van der Waals surface area contributed by atoms with Crippen LogP contribution in [0.5, 0.6) is 0 Å². The summed E-state index contributed by atoms with van der Waals surface area (Å²) in [6.07, 6.45) is 2.55. The molecule has 0 saturated heterocycles. The third-order valence-corrected chi connectivity index (χ3v) is 3.08. The largest absolute Gasteiger partial charge is 0.383 e. The molecule has 13 heavy (non-hydrogen) atoms. The Morgan fingerprint density at radius 2 is 2.15 bits per heavy atom. The molecule has 1 aliphatic carbocycles. The molecule has 2 atom stereocenters. The van der Waals surface area contributed by atoms with E-state index < -0.39 is 0 Å². The highest BCUT2D eigenvalue weighted by Crippen LogP contribution is 2.53. The maximum Gasteiger partial charge on any atom is 0.0618 e. The monoisotopic (exact) mass is 185 g/mol. The molecule has 2 heteroatoms. The van der Waals surface area contributed by atoms with Gasteiger partial charge in [-0.25, -0.2) is 0 Å². The fraction of sp³-hybridized carbons (Fsp3) is 1.00. The molecule has 0 aliphatic heterocycles. The molecule has 0 aromatic carbocycles. The van der Waals surface area contributed by atoms with Gasteiger partial charge >= 0.3 is 0 Å². The average molecular weight is 185 g/mol. The van der Waals surface area contributed by atoms with Gasteiger partial charge in [0.15, 0.2) is 0 Å². The van der Waals surface area contributed by atoms with Gasteiger partial charge in [0.05, 0.1) is 6.61 Å². The van der Waals surface area contributed by atoms with Crippen LogP contribution in [0.3, 0.4) is 0 Å². The van der Waals surface area contributed by atoms with E-state index in [4.69, 9.17) is 4.74 Å². The first kappa shape index (κ1) is 11.0. The topological polar surface area (TPSA) is 21.3 Å². The van der Waals surface area contributed by atoms with Crippen LogP contribution in [0.4, 0.5) is 0 Å². The highest BCUT2D eigenvalue weighted by molar-refractivity contribution is 5.01. The Bertz CT molecular complexity index is 156. The molecule has 0 radical (unpaired) electrons. The van der Waals surface area contributed by atoms with Crippen molar-refractivity contribution in [2.24, 2.45) is 11.3 Å². The highest BCUT2D eigenvalue weighted by atomic mass is 16.5. The van der Waals surface area contributed by atoms with Crippen LogP contribution < -0.4 is 5.32 Å². The van der Waals surface area contributed by atoms with Crippen LogP contribution in [0, 0.1) is 11.3 Å². The van der Waals surface area contributed by atoms with Crippen molar-refractivity contribution < 1.29 is 4.74 Å². The lowest BCUT2D eigenvalue weighted by Gasteiger charge is -2.19. The average Bonchev–Trinajstić information content (AvgIpc) is 2.69. The standard InChI is InChI=1S/C11H23NO/c1-5-6-12-10(8-13-4)9-7-11(9,2)3/h9-10,12H,5-8H2,1-4H3. The summed E-state index contributed by atoms with van der Waals surface area (Å²) in [5, 5.41) is 3.56. The van der Waals surface area contributed by atoms with Gasteiger partial charge in [0, 0.05) is 13.2 Å². The number of methoxy groups -OCH3 is 1. The van der Waals surface area contributed by atoms with Gasteiger partial charge in [-0.05, 0) is 30.7 Å². The minimum Gasteiger partial charge on any atom is -0.383 e. The second-order valence-corrected chi connectivity index (χ2v) is 4.82. The van der Waals surface area contributed by atoms with Crippen LogP contribution in [-0.2, 0) is 4.74 Å². The van der Waals surface area contributed by atoms with Gasteiger partial charge < -0.3 is 10.1 Å². The summed E-state index contributed by atoms with van der Waals surface area (Å²) in [5.41, 5.74) is 0.546. The normalized spacial score (nSPS) is 27.2. The Morgan fingerprint density at radius 3 is 2.54 bits per heavy atom. The predicted molar refractivity (Wildman–Crippen MR) is 55.8 cm³/mol. The third kappa shape index (κ3) is 2.96. The molecule has 1 rings (SSSR count). The molecule has 2 nitrogen and oxygen atoms in total. The number of rotatable bonds is 6. The Morgan fingerprint density at radius 1 is 1.54 bits per heavy atom. The van der Waals surface area contributed by atoms with Crippen molar-refractivity contribution in [3.63, 3.8) is 0 Å². The number of nitrogens with one attached hydrogen (secondary N) is 1. The van der Waals surface area contributed by atoms with Crippen LogP contribution in [0.15, 0.2) is 0 Å². The maximum absolute atomic E-state index is 5.23. The Kier molecular flexibility index (Phi) is 3.74. The van der Waals surface area contributed by atoms with Gasteiger partial charge in [0.2, 0.25) is 0 Å². The second-order valence-electron chi connectivity index (χ2n) is 4.82. The molecule has 0 spiro atoms. The zero-order chi connectivity index (χ0) is 9.90. The Balaban J connectivity index is 2.31. The first-order chi connectivity index (χ1) is 6.11. The molecule has 1 aliphatic rings. The van der Waals surface area contributed by atoms with Crippen molar-refractivity contribution in [1.29, 1.82) is 0 Å². The van der Waals surface area contributed by atoms with E-state index in [1.54, 1.807) is 7.11 Å². The Labute approximate surface area is 82.0 Å². The molecule has 78 valence electrons. The minimum absolute atomic E-state index is 0.546. The van der Waals surface area contributed by atoms with E-state index in [9.17, 15) is 0 Å². The molecule has 1 saturated carbocycles. The predicted octanol–water partition coefficient (Wildman–Crippen LogP) is 2.05. The molecule has 0 aromatic rings. The second kappa shape index (κ2) is 4.43. The van der Waals surface area contributed by atoms with E-state index in [1.807, 2.05) is 0 Å². The summed E-state index contributed by atoms with van der Waals surface area (Å²) < 4.78 is 5.23. The summed E-state index contributed by atoms with van der Waals surface area (Å²) in [6.45, 7) is 8.85. The lowest BCUT2D eigenvalue weighted by Crippen LogP contribution is -2.36. The first-order valence-electron chi connectivity index (χ1n) is 5.34. The van der Waals surface area contributed by atoms with Crippen LogP contribution in [-0.4, -0.2) is 26.3 Å². The number of ether oxygens (including phenoxy) is 1. The summed E-state index contributed by atoms with van der Waals surface area (Å²) in [7, 11) is 1.79. The first-order valence-corrected chi connectivity index (χ1v) is 5.34. The summed E-state index contributed by atoms with van der Waals surface area (Å²) in [6, 6.07) is 0.569.